The lowest BCUT2D eigenvalue weighted by Gasteiger charge is -2.00. The van der Waals surface area contributed by atoms with Crippen molar-refractivity contribution < 1.29 is 5.32 Å². The van der Waals surface area contributed by atoms with Crippen LogP contribution in [0.5, 0.6) is 0 Å². The molecule has 1 heterocycles. The molecule has 0 amide bonds. The normalized spacial score (nSPS) is 10.5. The first-order chi connectivity index (χ1) is 7.34. The first-order valence-electron chi connectivity index (χ1n) is 4.93. The fourth-order valence-corrected chi connectivity index (χ4v) is 2.62. The summed E-state index contributed by atoms with van der Waals surface area (Å²) >= 11 is 5.30. The Morgan fingerprint density at radius 3 is 2.80 bits per heavy atom. The average Bonchev–Trinajstić information content (AvgIpc) is 2.71. The van der Waals surface area contributed by atoms with E-state index in [1.54, 1.807) is 0 Å². The summed E-state index contributed by atoms with van der Waals surface area (Å²) in [7, 11) is 0. The van der Waals surface area contributed by atoms with Gasteiger partial charge in [-0.1, -0.05) is 34.1 Å². The van der Waals surface area contributed by atoms with E-state index in [0.29, 0.717) is 0 Å². The molecule has 2 aromatic rings. The second-order valence-electron chi connectivity index (χ2n) is 3.41. The van der Waals surface area contributed by atoms with Crippen molar-refractivity contribution in [2.75, 3.05) is 0 Å². The van der Waals surface area contributed by atoms with E-state index in [-0.39, 0.29) is 0 Å². The molecule has 0 unspecified atom stereocenters. The Morgan fingerprint density at radius 2 is 2.07 bits per heavy atom. The van der Waals surface area contributed by atoms with Crippen LogP contribution in [0.2, 0.25) is 0 Å². The molecule has 0 fully saturated rings. The van der Waals surface area contributed by atoms with Gasteiger partial charge in [0.2, 0.25) is 0 Å². The van der Waals surface area contributed by atoms with Crippen LogP contribution >= 0.6 is 27.3 Å². The Labute approximate surface area is 102 Å². The number of halogens is 1. The molecule has 15 heavy (non-hydrogen) atoms. The van der Waals surface area contributed by atoms with E-state index >= 15 is 0 Å². The molecule has 1 nitrogen and oxygen atoms in total. The van der Waals surface area contributed by atoms with Crippen LogP contribution in [0.15, 0.2) is 46.3 Å². The maximum absolute atomic E-state index is 3.48. The molecule has 1 aromatic carbocycles. The summed E-state index contributed by atoms with van der Waals surface area (Å²) in [6, 6.07) is 12.8. The molecule has 0 aliphatic heterocycles. The van der Waals surface area contributed by atoms with E-state index in [1.165, 1.54) is 10.4 Å². The molecular formula is C12H13BrNS+. The van der Waals surface area contributed by atoms with Gasteiger partial charge in [-0.2, -0.15) is 0 Å². The standard InChI is InChI=1S/C12H12BrNS/c13-11-4-1-3-10(7-11)8-14-9-12-5-2-6-15-12/h1-7,14H,8-9H2/p+1. The van der Waals surface area contributed by atoms with Crippen molar-refractivity contribution in [1.82, 2.24) is 0 Å². The van der Waals surface area contributed by atoms with Gasteiger partial charge in [-0.25, -0.2) is 0 Å². The predicted octanol–water partition coefficient (Wildman–Crippen LogP) is 2.77. The SMILES string of the molecule is Brc1cccc(C[NH2+]Cc2cccs2)c1. The van der Waals surface area contributed by atoms with E-state index < -0.39 is 0 Å². The lowest BCUT2D eigenvalue weighted by molar-refractivity contribution is -0.685. The zero-order valence-electron chi connectivity index (χ0n) is 8.32. The monoisotopic (exact) mass is 282 g/mol. The highest BCUT2D eigenvalue weighted by Gasteiger charge is 1.98. The van der Waals surface area contributed by atoms with E-state index in [2.05, 4.69) is 63.0 Å². The van der Waals surface area contributed by atoms with Crippen LogP contribution in [-0.4, -0.2) is 0 Å². The number of hydrogen-bond donors (Lipinski definition) is 1. The minimum atomic E-state index is 1.04. The first-order valence-corrected chi connectivity index (χ1v) is 6.60. The summed E-state index contributed by atoms with van der Waals surface area (Å²) < 4.78 is 1.16. The van der Waals surface area contributed by atoms with Gasteiger partial charge in [0.15, 0.2) is 0 Å². The summed E-state index contributed by atoms with van der Waals surface area (Å²) in [6.07, 6.45) is 0. The Kier molecular flexibility index (Phi) is 3.94. The van der Waals surface area contributed by atoms with Crippen LogP contribution in [0.1, 0.15) is 10.4 Å². The molecule has 2 rings (SSSR count). The summed E-state index contributed by atoms with van der Waals surface area (Å²) in [4.78, 5) is 1.44. The largest absolute Gasteiger partial charge is 0.338 e. The third kappa shape index (κ3) is 3.45. The topological polar surface area (TPSA) is 16.6 Å². The van der Waals surface area contributed by atoms with Crippen molar-refractivity contribution in [2.45, 2.75) is 13.1 Å². The third-order valence-electron chi connectivity index (χ3n) is 2.19. The van der Waals surface area contributed by atoms with Crippen LogP contribution in [-0.2, 0) is 13.1 Å². The number of rotatable bonds is 4. The summed E-state index contributed by atoms with van der Waals surface area (Å²) in [6.45, 7) is 2.11. The molecule has 0 bridgehead atoms. The molecule has 0 aliphatic rings. The lowest BCUT2D eigenvalue weighted by Crippen LogP contribution is -2.80. The van der Waals surface area contributed by atoms with Gasteiger partial charge in [-0.15, -0.1) is 11.3 Å². The van der Waals surface area contributed by atoms with Gasteiger partial charge in [0.25, 0.3) is 0 Å². The molecule has 1 aromatic heterocycles. The van der Waals surface area contributed by atoms with E-state index in [1.807, 2.05) is 11.3 Å². The summed E-state index contributed by atoms with van der Waals surface area (Å²) in [5.41, 5.74) is 1.36. The van der Waals surface area contributed by atoms with Gasteiger partial charge in [-0.05, 0) is 23.6 Å². The molecular weight excluding hydrogens is 270 g/mol. The Bertz CT molecular complexity index is 411. The maximum atomic E-state index is 3.48. The highest BCUT2D eigenvalue weighted by molar-refractivity contribution is 9.10. The van der Waals surface area contributed by atoms with Gasteiger partial charge in [0.1, 0.15) is 13.1 Å². The fraction of sp³-hybridized carbons (Fsp3) is 0.167. The Morgan fingerprint density at radius 1 is 1.13 bits per heavy atom. The molecule has 0 saturated heterocycles. The summed E-state index contributed by atoms with van der Waals surface area (Å²) in [5.74, 6) is 0. The second-order valence-corrected chi connectivity index (χ2v) is 5.35. The smallest absolute Gasteiger partial charge is 0.111 e. The van der Waals surface area contributed by atoms with Crippen LogP contribution < -0.4 is 5.32 Å². The molecule has 0 aliphatic carbocycles. The number of nitrogens with two attached hydrogens (primary N) is 1. The quantitative estimate of drug-likeness (QED) is 0.888. The van der Waals surface area contributed by atoms with Gasteiger partial charge in [0.05, 0.1) is 4.88 Å². The number of benzene rings is 1. The number of thiophene rings is 1. The summed E-state index contributed by atoms with van der Waals surface area (Å²) in [5, 5.41) is 4.45. The van der Waals surface area contributed by atoms with Crippen molar-refractivity contribution in [2.24, 2.45) is 0 Å². The van der Waals surface area contributed by atoms with Crippen LogP contribution in [0.4, 0.5) is 0 Å². The molecule has 3 heteroatoms. The molecule has 0 spiro atoms. The van der Waals surface area contributed by atoms with Crippen molar-refractivity contribution in [3.63, 3.8) is 0 Å². The maximum Gasteiger partial charge on any atom is 0.111 e. The van der Waals surface area contributed by atoms with Crippen LogP contribution in [0.25, 0.3) is 0 Å². The second kappa shape index (κ2) is 5.45. The predicted molar refractivity (Wildman–Crippen MR) is 67.8 cm³/mol. The fourth-order valence-electron chi connectivity index (χ4n) is 1.47. The highest BCUT2D eigenvalue weighted by Crippen LogP contribution is 2.10. The van der Waals surface area contributed by atoms with Crippen molar-refractivity contribution in [1.29, 1.82) is 0 Å². The van der Waals surface area contributed by atoms with Crippen LogP contribution in [0.3, 0.4) is 0 Å². The van der Waals surface area contributed by atoms with Gasteiger partial charge < -0.3 is 5.32 Å². The van der Waals surface area contributed by atoms with Gasteiger partial charge in [0, 0.05) is 10.0 Å². The third-order valence-corrected chi connectivity index (χ3v) is 3.59. The van der Waals surface area contributed by atoms with E-state index in [4.69, 9.17) is 0 Å². The Balaban J connectivity index is 1.83. The molecule has 0 saturated carbocycles. The van der Waals surface area contributed by atoms with Crippen molar-refractivity contribution in [3.8, 4) is 0 Å². The van der Waals surface area contributed by atoms with Crippen LogP contribution in [0, 0.1) is 0 Å². The minimum absolute atomic E-state index is 1.04. The number of hydrogen-bond acceptors (Lipinski definition) is 1. The average molecular weight is 283 g/mol. The molecule has 2 N–H and O–H groups in total. The van der Waals surface area contributed by atoms with Crippen molar-refractivity contribution in [3.05, 3.63) is 56.7 Å². The zero-order valence-corrected chi connectivity index (χ0v) is 10.7. The molecule has 0 atom stereocenters. The molecule has 0 radical (unpaired) electrons. The molecule has 78 valence electrons. The lowest BCUT2D eigenvalue weighted by atomic mass is 10.2. The Hall–Kier alpha value is -0.640. The van der Waals surface area contributed by atoms with E-state index in [0.717, 1.165) is 17.6 Å². The van der Waals surface area contributed by atoms with Gasteiger partial charge in [-0.3, -0.25) is 0 Å². The number of quaternary nitrogens is 1. The highest BCUT2D eigenvalue weighted by atomic mass is 79.9. The van der Waals surface area contributed by atoms with E-state index in [9.17, 15) is 0 Å². The minimum Gasteiger partial charge on any atom is -0.338 e. The first kappa shape index (κ1) is 10.9. The zero-order chi connectivity index (χ0) is 10.5. The van der Waals surface area contributed by atoms with Gasteiger partial charge >= 0.3 is 0 Å². The van der Waals surface area contributed by atoms with Crippen molar-refractivity contribution >= 4 is 27.3 Å².